The van der Waals surface area contributed by atoms with Gasteiger partial charge in [-0.05, 0) is 64.7 Å². The molecule has 0 aliphatic heterocycles. The molecule has 1 aliphatic rings. The minimum absolute atomic E-state index is 0.0430. The number of fused-ring (bicyclic) bond motifs is 1. The summed E-state index contributed by atoms with van der Waals surface area (Å²) in [6, 6.07) is 12.6. The lowest BCUT2D eigenvalue weighted by atomic mass is 9.75. The van der Waals surface area contributed by atoms with E-state index in [1.165, 1.54) is 6.92 Å². The predicted octanol–water partition coefficient (Wildman–Crippen LogP) is 2.57. The molecule has 0 heterocycles. The van der Waals surface area contributed by atoms with Crippen LogP contribution >= 0.6 is 0 Å². The van der Waals surface area contributed by atoms with Gasteiger partial charge in [-0.3, -0.25) is 9.59 Å². The lowest BCUT2D eigenvalue weighted by Crippen LogP contribution is -2.62. The number of carboxylic acid groups (broad SMARTS) is 1. The zero-order valence-electron chi connectivity index (χ0n) is 23.4. The number of carboxylic acids is 1. The molecule has 11 nitrogen and oxygen atoms in total. The number of carbonyl (C=O) groups excluding carboxylic acids is 3. The Balaban J connectivity index is 1.91. The van der Waals surface area contributed by atoms with Crippen molar-refractivity contribution in [1.82, 2.24) is 16.0 Å². The lowest BCUT2D eigenvalue weighted by Gasteiger charge is -2.42. The summed E-state index contributed by atoms with van der Waals surface area (Å²) in [5, 5.41) is 18.4. The van der Waals surface area contributed by atoms with Crippen molar-refractivity contribution in [3.05, 3.63) is 65.2 Å². The van der Waals surface area contributed by atoms with Gasteiger partial charge in [-0.25, -0.2) is 9.59 Å². The molecule has 2 aromatic rings. The Labute approximate surface area is 233 Å². The molecule has 0 radical (unpaired) electrons. The molecule has 6 N–H and O–H groups in total. The van der Waals surface area contributed by atoms with Crippen LogP contribution in [0, 0.1) is 0 Å². The summed E-state index contributed by atoms with van der Waals surface area (Å²) in [5.41, 5.74) is 4.99. The molecule has 0 spiro atoms. The first kappa shape index (κ1) is 30.4. The fourth-order valence-corrected chi connectivity index (χ4v) is 4.43. The van der Waals surface area contributed by atoms with Crippen molar-refractivity contribution in [3.63, 3.8) is 0 Å². The number of benzene rings is 2. The third-order valence-corrected chi connectivity index (χ3v) is 6.52. The molecule has 0 saturated heterocycles. The summed E-state index contributed by atoms with van der Waals surface area (Å²) < 4.78 is 11.8. The Morgan fingerprint density at radius 1 is 1.05 bits per heavy atom. The number of hydrogen-bond acceptors (Lipinski definition) is 7. The van der Waals surface area contributed by atoms with E-state index in [1.54, 1.807) is 64.1 Å². The van der Waals surface area contributed by atoms with Gasteiger partial charge in [0.1, 0.15) is 17.4 Å². The summed E-state index contributed by atoms with van der Waals surface area (Å²) in [5.74, 6) is -1.82. The monoisotopic (exact) mass is 554 g/mol. The van der Waals surface area contributed by atoms with Crippen molar-refractivity contribution in [2.45, 2.75) is 83.3 Å². The molecule has 2 aromatic carbocycles. The van der Waals surface area contributed by atoms with Gasteiger partial charge in [-0.2, -0.15) is 0 Å². The van der Waals surface area contributed by atoms with E-state index in [-0.39, 0.29) is 13.0 Å². The summed E-state index contributed by atoms with van der Waals surface area (Å²) in [6.07, 6.45) is -1.50. The number of ether oxygens (including phenoxy) is 2. The molecular weight excluding hydrogens is 516 g/mol. The normalized spacial score (nSPS) is 19.8. The SMILES string of the molecule is CC(N)C(=O)NC(C)C(=O)NCc1ccccc1OC1c2ccccc2CC[C@@]1(NC(=O)OC(C)(C)C)C(=O)O. The maximum absolute atomic E-state index is 12.8. The highest BCUT2D eigenvalue weighted by atomic mass is 16.6. The molecular formula is C29H38N4O7. The Hall–Kier alpha value is -4.12. The van der Waals surface area contributed by atoms with Crippen LogP contribution in [0.2, 0.25) is 0 Å². The van der Waals surface area contributed by atoms with Crippen LogP contribution in [-0.4, -0.2) is 52.2 Å². The first-order valence-electron chi connectivity index (χ1n) is 13.1. The molecule has 0 saturated carbocycles. The lowest BCUT2D eigenvalue weighted by molar-refractivity contribution is -0.150. The van der Waals surface area contributed by atoms with E-state index in [1.807, 2.05) is 12.1 Å². The first-order chi connectivity index (χ1) is 18.7. The number of hydrogen-bond donors (Lipinski definition) is 5. The van der Waals surface area contributed by atoms with Gasteiger partial charge < -0.3 is 36.3 Å². The zero-order valence-corrected chi connectivity index (χ0v) is 23.4. The summed E-state index contributed by atoms with van der Waals surface area (Å²) in [6.45, 7) is 8.18. The number of nitrogens with one attached hydrogen (secondary N) is 3. The molecule has 11 heteroatoms. The van der Waals surface area contributed by atoms with Crippen LogP contribution in [0.1, 0.15) is 63.8 Å². The number of carbonyl (C=O) groups is 4. The first-order valence-corrected chi connectivity index (χ1v) is 13.1. The fourth-order valence-electron chi connectivity index (χ4n) is 4.43. The Morgan fingerprint density at radius 3 is 2.35 bits per heavy atom. The van der Waals surface area contributed by atoms with Crippen LogP contribution in [0.25, 0.3) is 0 Å². The van der Waals surface area contributed by atoms with Crippen molar-refractivity contribution in [3.8, 4) is 5.75 Å². The van der Waals surface area contributed by atoms with Gasteiger partial charge in [0, 0.05) is 12.1 Å². The van der Waals surface area contributed by atoms with Crippen molar-refractivity contribution < 1.29 is 33.8 Å². The van der Waals surface area contributed by atoms with Crippen LogP contribution < -0.4 is 26.4 Å². The van der Waals surface area contributed by atoms with Gasteiger partial charge >= 0.3 is 12.1 Å². The highest BCUT2D eigenvalue weighted by Crippen LogP contribution is 2.42. The molecule has 3 unspecified atom stereocenters. The molecule has 0 fully saturated rings. The van der Waals surface area contributed by atoms with Gasteiger partial charge in [-0.1, -0.05) is 42.5 Å². The molecule has 3 rings (SSSR count). The van der Waals surface area contributed by atoms with E-state index in [0.29, 0.717) is 23.3 Å². The Kier molecular flexibility index (Phi) is 9.41. The highest BCUT2D eigenvalue weighted by molar-refractivity contribution is 5.89. The second-order valence-corrected chi connectivity index (χ2v) is 10.9. The third kappa shape index (κ3) is 7.29. The molecule has 0 bridgehead atoms. The molecule has 0 aromatic heterocycles. The molecule has 1 aliphatic carbocycles. The zero-order chi connectivity index (χ0) is 29.7. The molecule has 3 amide bonds. The average Bonchev–Trinajstić information content (AvgIpc) is 2.87. The second kappa shape index (κ2) is 12.4. The molecule has 216 valence electrons. The smallest absolute Gasteiger partial charge is 0.408 e. The molecule has 4 atom stereocenters. The summed E-state index contributed by atoms with van der Waals surface area (Å²) in [7, 11) is 0. The third-order valence-electron chi connectivity index (χ3n) is 6.52. The Bertz CT molecular complexity index is 1260. The van der Waals surface area contributed by atoms with E-state index < -0.39 is 53.2 Å². The van der Waals surface area contributed by atoms with E-state index in [0.717, 1.165) is 5.56 Å². The summed E-state index contributed by atoms with van der Waals surface area (Å²) in [4.78, 5) is 50.2. The number of rotatable bonds is 9. The quantitative estimate of drug-likeness (QED) is 0.315. The van der Waals surface area contributed by atoms with Gasteiger partial charge in [0.25, 0.3) is 0 Å². The molecule has 40 heavy (non-hydrogen) atoms. The van der Waals surface area contributed by atoms with Crippen LogP contribution in [0.3, 0.4) is 0 Å². The average molecular weight is 555 g/mol. The number of nitrogens with two attached hydrogens (primary N) is 1. The minimum atomic E-state index is -1.83. The van der Waals surface area contributed by atoms with Crippen molar-refractivity contribution in [1.29, 1.82) is 0 Å². The van der Waals surface area contributed by atoms with E-state index in [2.05, 4.69) is 16.0 Å². The van der Waals surface area contributed by atoms with Crippen LogP contribution in [0.4, 0.5) is 4.79 Å². The number of para-hydroxylation sites is 1. The van der Waals surface area contributed by atoms with Crippen LogP contribution in [-0.2, 0) is 32.1 Å². The Morgan fingerprint density at radius 2 is 1.70 bits per heavy atom. The van der Waals surface area contributed by atoms with Crippen molar-refractivity contribution in [2.75, 3.05) is 0 Å². The van der Waals surface area contributed by atoms with Gasteiger partial charge in [0.15, 0.2) is 11.6 Å². The highest BCUT2D eigenvalue weighted by Gasteiger charge is 2.53. The van der Waals surface area contributed by atoms with E-state index in [4.69, 9.17) is 15.2 Å². The number of aryl methyl sites for hydroxylation is 1. The van der Waals surface area contributed by atoms with Gasteiger partial charge in [0.2, 0.25) is 11.8 Å². The van der Waals surface area contributed by atoms with Crippen molar-refractivity contribution in [2.24, 2.45) is 5.73 Å². The fraction of sp³-hybridized carbons (Fsp3) is 0.448. The summed E-state index contributed by atoms with van der Waals surface area (Å²) >= 11 is 0. The van der Waals surface area contributed by atoms with Crippen LogP contribution in [0.15, 0.2) is 48.5 Å². The number of alkyl carbamates (subject to hydrolysis) is 1. The van der Waals surface area contributed by atoms with Crippen LogP contribution in [0.5, 0.6) is 5.75 Å². The van der Waals surface area contributed by atoms with Gasteiger partial charge in [-0.15, -0.1) is 0 Å². The standard InChI is InChI=1S/C29H38N4O7/c1-17(30)24(34)32-18(2)25(35)31-16-20-11-7-9-13-22(20)39-23-21-12-8-6-10-19(21)14-15-29(23,26(36)37)33-27(38)40-28(3,4)5/h6-13,17-18,23H,14-16,30H2,1-5H3,(H,31,35)(H,32,34)(H,33,38)(H,36,37)/t17?,18?,23?,29-/m0/s1. The van der Waals surface area contributed by atoms with Gasteiger partial charge in [0.05, 0.1) is 6.04 Å². The number of aliphatic carboxylic acids is 1. The predicted molar refractivity (Wildman–Crippen MR) is 147 cm³/mol. The topological polar surface area (TPSA) is 169 Å². The van der Waals surface area contributed by atoms with E-state index >= 15 is 0 Å². The van der Waals surface area contributed by atoms with E-state index in [9.17, 15) is 24.3 Å². The van der Waals surface area contributed by atoms with Crippen molar-refractivity contribution >= 4 is 23.9 Å². The maximum atomic E-state index is 12.8. The second-order valence-electron chi connectivity index (χ2n) is 10.9. The largest absolute Gasteiger partial charge is 0.482 e. The number of amides is 3. The maximum Gasteiger partial charge on any atom is 0.408 e. The minimum Gasteiger partial charge on any atom is -0.482 e.